The summed E-state index contributed by atoms with van der Waals surface area (Å²) in [6, 6.07) is 4.00. The van der Waals surface area contributed by atoms with E-state index in [2.05, 4.69) is 42.8 Å². The molecule has 0 saturated carbocycles. The first-order chi connectivity index (χ1) is 19.0. The molecule has 6 heterocycles. The van der Waals surface area contributed by atoms with Crippen LogP contribution in [0, 0.1) is 0 Å². The first kappa shape index (κ1) is 25.3. The Bertz CT molecular complexity index is 1440. The zero-order valence-electron chi connectivity index (χ0n) is 22.2. The topological polar surface area (TPSA) is 137 Å². The molecule has 2 saturated heterocycles. The zero-order valence-corrected chi connectivity index (χ0v) is 22.2. The van der Waals surface area contributed by atoms with Gasteiger partial charge in [-0.25, -0.2) is 4.52 Å². The van der Waals surface area contributed by atoms with Crippen LogP contribution in [0.15, 0.2) is 43.1 Å². The summed E-state index contributed by atoms with van der Waals surface area (Å²) in [5.41, 5.74) is 3.02. The summed E-state index contributed by atoms with van der Waals surface area (Å²) in [7, 11) is 4.00. The van der Waals surface area contributed by atoms with Crippen molar-refractivity contribution in [2.45, 2.75) is 18.7 Å². The summed E-state index contributed by atoms with van der Waals surface area (Å²) in [5, 5.41) is 29.4. The van der Waals surface area contributed by atoms with Crippen LogP contribution < -0.4 is 15.5 Å². The number of anilines is 3. The number of hydrogen-bond donors (Lipinski definition) is 3. The van der Waals surface area contributed by atoms with E-state index in [0.29, 0.717) is 11.6 Å². The van der Waals surface area contributed by atoms with E-state index in [-0.39, 0.29) is 24.6 Å². The zero-order chi connectivity index (χ0) is 27.0. The van der Waals surface area contributed by atoms with Crippen molar-refractivity contribution in [1.82, 2.24) is 49.3 Å². The molecule has 2 aliphatic rings. The molecule has 3 N–H and O–H groups in total. The van der Waals surface area contributed by atoms with Gasteiger partial charge in [0.05, 0.1) is 30.4 Å². The number of pyridine rings is 1. The minimum Gasteiger partial charge on any atom is -0.392 e. The van der Waals surface area contributed by atoms with Gasteiger partial charge in [-0.2, -0.15) is 15.2 Å². The molecule has 4 aromatic heterocycles. The van der Waals surface area contributed by atoms with Crippen molar-refractivity contribution in [3.05, 3.63) is 48.7 Å². The number of likely N-dealkylation sites (N-methyl/N-ethyl adjacent to an activating group) is 2. The van der Waals surface area contributed by atoms with Crippen LogP contribution in [0.3, 0.4) is 0 Å². The van der Waals surface area contributed by atoms with E-state index in [1.165, 1.54) is 0 Å². The number of aromatic nitrogens is 7. The van der Waals surface area contributed by atoms with Crippen molar-refractivity contribution in [3.63, 3.8) is 0 Å². The third-order valence-electron chi connectivity index (χ3n) is 7.51. The van der Waals surface area contributed by atoms with Gasteiger partial charge in [0.1, 0.15) is 12.1 Å². The molecule has 1 amide bonds. The number of nitrogens with zero attached hydrogens (tertiary/aromatic N) is 10. The van der Waals surface area contributed by atoms with Crippen molar-refractivity contribution >= 4 is 28.9 Å². The van der Waals surface area contributed by atoms with E-state index in [1.54, 1.807) is 27.8 Å². The number of piperazine rings is 1. The maximum atomic E-state index is 12.7. The van der Waals surface area contributed by atoms with Crippen LogP contribution >= 0.6 is 0 Å². The lowest BCUT2D eigenvalue weighted by Crippen LogP contribution is -2.67. The molecule has 0 aliphatic carbocycles. The van der Waals surface area contributed by atoms with Crippen LogP contribution in [0.1, 0.15) is 5.56 Å². The Hall–Kier alpha value is -4.01. The van der Waals surface area contributed by atoms with Gasteiger partial charge in [0.15, 0.2) is 5.65 Å². The second-order valence-corrected chi connectivity index (χ2v) is 10.4. The number of aliphatic hydroxyl groups excluding tert-OH is 1. The van der Waals surface area contributed by atoms with Crippen molar-refractivity contribution in [2.75, 3.05) is 70.1 Å². The van der Waals surface area contributed by atoms with E-state index in [0.717, 1.165) is 62.7 Å². The summed E-state index contributed by atoms with van der Waals surface area (Å²) >= 11 is 0. The van der Waals surface area contributed by atoms with Gasteiger partial charge in [0, 0.05) is 70.0 Å². The van der Waals surface area contributed by atoms with E-state index < -0.39 is 0 Å². The third-order valence-corrected chi connectivity index (χ3v) is 7.51. The number of fused-ring (bicyclic) bond motifs is 1. The highest BCUT2D eigenvalue weighted by molar-refractivity contribution is 5.76. The Morgan fingerprint density at radius 3 is 2.69 bits per heavy atom. The Morgan fingerprint density at radius 2 is 1.95 bits per heavy atom. The number of hydrogen-bond acceptors (Lipinski definition) is 10. The van der Waals surface area contributed by atoms with E-state index in [1.807, 2.05) is 41.2 Å². The first-order valence-electron chi connectivity index (χ1n) is 13.1. The lowest BCUT2D eigenvalue weighted by molar-refractivity contribution is -0.133. The van der Waals surface area contributed by atoms with Gasteiger partial charge in [-0.3, -0.25) is 14.2 Å². The monoisotopic (exact) mass is 534 g/mol. The SMILES string of the molecule is CNCC1(n2cc(CO)cn2)CN(c2cccn3nc(Nc4cnn(CC(=O)N5CCN(C)CC5)c4)nc23)C1. The molecule has 0 radical (unpaired) electrons. The molecule has 39 heavy (non-hydrogen) atoms. The van der Waals surface area contributed by atoms with Crippen LogP contribution in [0.25, 0.3) is 5.65 Å². The van der Waals surface area contributed by atoms with Crippen molar-refractivity contribution in [3.8, 4) is 0 Å². The van der Waals surface area contributed by atoms with E-state index >= 15 is 0 Å². The van der Waals surface area contributed by atoms with Crippen LogP contribution in [0.4, 0.5) is 17.3 Å². The van der Waals surface area contributed by atoms with Gasteiger partial charge in [-0.15, -0.1) is 5.10 Å². The average molecular weight is 535 g/mol. The lowest BCUT2D eigenvalue weighted by atomic mass is 9.89. The van der Waals surface area contributed by atoms with Gasteiger partial charge >= 0.3 is 0 Å². The van der Waals surface area contributed by atoms with E-state index in [4.69, 9.17) is 4.98 Å². The fourth-order valence-corrected chi connectivity index (χ4v) is 5.33. The molecule has 0 unspecified atom stereocenters. The minimum absolute atomic E-state index is 0.0281. The largest absolute Gasteiger partial charge is 0.392 e. The molecule has 0 aromatic carbocycles. The fraction of sp³-hybridized carbons (Fsp3) is 0.480. The summed E-state index contributed by atoms with van der Waals surface area (Å²) in [5.74, 6) is 0.522. The number of rotatable bonds is 9. The Kier molecular flexibility index (Phi) is 6.66. The van der Waals surface area contributed by atoms with Gasteiger partial charge in [-0.05, 0) is 26.2 Å². The Balaban J connectivity index is 1.14. The molecule has 2 aliphatic heterocycles. The molecule has 0 atom stereocenters. The standard InChI is InChI=1S/C25H34N12O2/c1-26-16-25(37-12-19(15-38)10-28-37)17-34(18-25)21-4-3-5-36-23(21)30-24(31-36)29-20-11-27-35(13-20)14-22(39)33-8-6-32(2)7-9-33/h3-5,10-13,26,38H,6-9,14-18H2,1-2H3,(H,29,31). The molecular formula is C25H34N12O2. The predicted octanol–water partition coefficient (Wildman–Crippen LogP) is -0.433. The molecule has 2 fully saturated rings. The fourth-order valence-electron chi connectivity index (χ4n) is 5.33. The van der Waals surface area contributed by atoms with Crippen molar-refractivity contribution in [2.24, 2.45) is 0 Å². The van der Waals surface area contributed by atoms with Crippen molar-refractivity contribution in [1.29, 1.82) is 0 Å². The van der Waals surface area contributed by atoms with Crippen LogP contribution in [-0.2, 0) is 23.5 Å². The van der Waals surface area contributed by atoms with Gasteiger partial charge < -0.3 is 30.4 Å². The second-order valence-electron chi connectivity index (χ2n) is 10.4. The van der Waals surface area contributed by atoms with E-state index in [9.17, 15) is 9.90 Å². The van der Waals surface area contributed by atoms with Gasteiger partial charge in [0.2, 0.25) is 11.9 Å². The summed E-state index contributed by atoms with van der Waals surface area (Å²) in [6.07, 6.45) is 8.97. The number of amides is 1. The molecular weight excluding hydrogens is 500 g/mol. The van der Waals surface area contributed by atoms with Gasteiger partial charge in [-0.1, -0.05) is 0 Å². The highest BCUT2D eigenvalue weighted by atomic mass is 16.3. The van der Waals surface area contributed by atoms with Crippen molar-refractivity contribution < 1.29 is 9.90 Å². The highest BCUT2D eigenvalue weighted by Gasteiger charge is 2.45. The maximum Gasteiger partial charge on any atom is 0.247 e. The number of nitrogens with one attached hydrogen (secondary N) is 2. The number of carbonyl (C=O) groups excluding carboxylic acids is 1. The average Bonchev–Trinajstić information content (AvgIpc) is 3.66. The quantitative estimate of drug-likeness (QED) is 0.259. The van der Waals surface area contributed by atoms with Crippen LogP contribution in [0.5, 0.6) is 0 Å². The molecule has 6 rings (SSSR count). The number of aliphatic hydroxyl groups is 1. The van der Waals surface area contributed by atoms with Crippen LogP contribution in [0.2, 0.25) is 0 Å². The molecule has 14 heteroatoms. The normalized spacial score (nSPS) is 17.5. The predicted molar refractivity (Wildman–Crippen MR) is 145 cm³/mol. The minimum atomic E-state index is -0.216. The molecule has 206 valence electrons. The molecule has 0 spiro atoms. The third kappa shape index (κ3) is 4.93. The molecule has 14 nitrogen and oxygen atoms in total. The Labute approximate surface area is 225 Å². The molecule has 0 bridgehead atoms. The lowest BCUT2D eigenvalue weighted by Gasteiger charge is -2.51. The maximum absolute atomic E-state index is 12.7. The Morgan fingerprint density at radius 1 is 1.13 bits per heavy atom. The summed E-state index contributed by atoms with van der Waals surface area (Å²) < 4.78 is 5.35. The second kappa shape index (κ2) is 10.3. The van der Waals surface area contributed by atoms with Gasteiger partial charge in [0.25, 0.3) is 0 Å². The number of carbonyl (C=O) groups is 1. The summed E-state index contributed by atoms with van der Waals surface area (Å²) in [6.45, 7) is 5.67. The summed E-state index contributed by atoms with van der Waals surface area (Å²) in [4.78, 5) is 23.8. The smallest absolute Gasteiger partial charge is 0.247 e. The molecule has 4 aromatic rings. The highest BCUT2D eigenvalue weighted by Crippen LogP contribution is 2.35. The van der Waals surface area contributed by atoms with Crippen LogP contribution in [-0.4, -0.2) is 115 Å². The first-order valence-corrected chi connectivity index (χ1v) is 13.1.